The van der Waals surface area contributed by atoms with Crippen LogP contribution in [0, 0.1) is 0 Å². The first-order chi connectivity index (χ1) is 20.0. The van der Waals surface area contributed by atoms with E-state index in [1.54, 1.807) is 24.3 Å². The van der Waals surface area contributed by atoms with E-state index in [0.717, 1.165) is 56.6 Å². The van der Waals surface area contributed by atoms with Crippen LogP contribution >= 0.6 is 27.5 Å². The number of rotatable bonds is 9. The summed E-state index contributed by atoms with van der Waals surface area (Å²) in [6, 6.07) is 15.2. The zero-order valence-electron chi connectivity index (χ0n) is 22.3. The first-order valence-electron chi connectivity index (χ1n) is 13.0. The number of hydrogen-bond donors (Lipinski definition) is 3. The Labute approximate surface area is 254 Å². The summed E-state index contributed by atoms with van der Waals surface area (Å²) in [4.78, 5) is 30.4. The number of halogens is 5. The van der Waals surface area contributed by atoms with Gasteiger partial charge in [-0.15, -0.1) is 0 Å². The van der Waals surface area contributed by atoms with E-state index in [2.05, 4.69) is 41.6 Å². The zero-order valence-corrected chi connectivity index (χ0v) is 24.6. The summed E-state index contributed by atoms with van der Waals surface area (Å²) in [5.41, 5.74) is 3.14. The van der Waals surface area contributed by atoms with Crippen LogP contribution in [0.25, 0.3) is 0 Å². The minimum Gasteiger partial charge on any atom is -0.395 e. The van der Waals surface area contributed by atoms with Crippen LogP contribution in [0.2, 0.25) is 5.02 Å². The molecule has 0 saturated carbocycles. The third-order valence-corrected chi connectivity index (χ3v) is 7.48. The Bertz CT molecular complexity index is 1450. The highest BCUT2D eigenvalue weighted by Crippen LogP contribution is 2.34. The molecule has 2 amide bonds. The molecule has 222 valence electrons. The van der Waals surface area contributed by atoms with Gasteiger partial charge in [0, 0.05) is 49.3 Å². The first kappa shape index (κ1) is 31.6. The maximum absolute atomic E-state index is 13.1. The number of hydrogen-bond acceptors (Lipinski definition) is 6. The lowest BCUT2D eigenvalue weighted by Crippen LogP contribution is -2.46. The minimum atomic E-state index is -4.63. The molecule has 0 aromatic heterocycles. The molecule has 13 heteroatoms. The standard InChI is InChI=1S/C29H28BrClF3N5O3/c30-22-6-8-26(23(16-22)28(42)37-35-17-20-3-7-25(31)24(15-20)29(32,33)34)36-27(41)21-4-1-19(2-5-21)18-39-11-9-38(10-12-39)13-14-40/h1-8,15-17,40H,9-14,18H2,(H,36,41)(H,37,42)/b35-17-. The summed E-state index contributed by atoms with van der Waals surface area (Å²) < 4.78 is 39.9. The quantitative estimate of drug-likeness (QED) is 0.214. The van der Waals surface area contributed by atoms with Crippen molar-refractivity contribution in [1.29, 1.82) is 0 Å². The number of amides is 2. The number of nitrogens with zero attached hydrogens (tertiary/aromatic N) is 3. The van der Waals surface area contributed by atoms with E-state index in [1.165, 1.54) is 12.1 Å². The summed E-state index contributed by atoms with van der Waals surface area (Å²) in [5, 5.41) is 15.2. The van der Waals surface area contributed by atoms with E-state index >= 15 is 0 Å². The lowest BCUT2D eigenvalue weighted by Gasteiger charge is -2.34. The lowest BCUT2D eigenvalue weighted by atomic mass is 10.1. The van der Waals surface area contributed by atoms with Crippen molar-refractivity contribution in [2.75, 3.05) is 44.6 Å². The van der Waals surface area contributed by atoms with Crippen LogP contribution in [0.15, 0.2) is 70.2 Å². The molecule has 1 fully saturated rings. The van der Waals surface area contributed by atoms with Crippen molar-refractivity contribution >= 4 is 51.2 Å². The molecule has 0 atom stereocenters. The minimum absolute atomic E-state index is 0.0854. The summed E-state index contributed by atoms with van der Waals surface area (Å²) in [5.74, 6) is -1.10. The Morgan fingerprint density at radius 3 is 2.33 bits per heavy atom. The van der Waals surface area contributed by atoms with Crippen LogP contribution in [0.1, 0.15) is 37.4 Å². The molecule has 42 heavy (non-hydrogen) atoms. The van der Waals surface area contributed by atoms with Gasteiger partial charge < -0.3 is 10.4 Å². The molecule has 0 unspecified atom stereocenters. The van der Waals surface area contributed by atoms with E-state index in [4.69, 9.17) is 16.7 Å². The number of anilines is 1. The Morgan fingerprint density at radius 1 is 0.976 bits per heavy atom. The van der Waals surface area contributed by atoms with Gasteiger partial charge in [0.25, 0.3) is 11.8 Å². The topological polar surface area (TPSA) is 97.3 Å². The summed E-state index contributed by atoms with van der Waals surface area (Å²) in [6.07, 6.45) is -3.57. The number of carbonyl (C=O) groups is 2. The first-order valence-corrected chi connectivity index (χ1v) is 14.2. The van der Waals surface area contributed by atoms with Crippen molar-refractivity contribution in [3.63, 3.8) is 0 Å². The molecule has 0 spiro atoms. The number of alkyl halides is 3. The fourth-order valence-corrected chi connectivity index (χ4v) is 4.99. The van der Waals surface area contributed by atoms with Crippen molar-refractivity contribution in [3.05, 3.63) is 98.0 Å². The van der Waals surface area contributed by atoms with Crippen molar-refractivity contribution in [1.82, 2.24) is 15.2 Å². The second-order valence-corrected chi connectivity index (χ2v) is 10.9. The van der Waals surface area contributed by atoms with Crippen molar-refractivity contribution in [2.24, 2.45) is 5.10 Å². The van der Waals surface area contributed by atoms with Gasteiger partial charge in [-0.2, -0.15) is 18.3 Å². The predicted molar refractivity (Wildman–Crippen MR) is 159 cm³/mol. The monoisotopic (exact) mass is 665 g/mol. The fourth-order valence-electron chi connectivity index (χ4n) is 4.41. The van der Waals surface area contributed by atoms with E-state index in [9.17, 15) is 22.8 Å². The van der Waals surface area contributed by atoms with Gasteiger partial charge in [0.15, 0.2) is 0 Å². The Morgan fingerprint density at radius 2 is 1.67 bits per heavy atom. The van der Waals surface area contributed by atoms with Gasteiger partial charge in [0.05, 0.1) is 34.7 Å². The zero-order chi connectivity index (χ0) is 30.3. The van der Waals surface area contributed by atoms with Crippen LogP contribution in [0.5, 0.6) is 0 Å². The summed E-state index contributed by atoms with van der Waals surface area (Å²) >= 11 is 8.95. The van der Waals surface area contributed by atoms with Crippen molar-refractivity contribution in [2.45, 2.75) is 12.7 Å². The summed E-state index contributed by atoms with van der Waals surface area (Å²) in [7, 11) is 0. The third kappa shape index (κ3) is 8.62. The van der Waals surface area contributed by atoms with Gasteiger partial charge in [-0.25, -0.2) is 5.43 Å². The van der Waals surface area contributed by atoms with Gasteiger partial charge in [-0.1, -0.05) is 45.7 Å². The maximum Gasteiger partial charge on any atom is 0.417 e. The number of nitrogens with one attached hydrogen (secondary N) is 2. The molecule has 0 bridgehead atoms. The number of carbonyl (C=O) groups excluding carboxylic acids is 2. The number of β-amino-alcohol motifs (C(OH)–C–C–N with tert-alkyl or cyclic N) is 1. The Balaban J connectivity index is 1.38. The number of aliphatic hydroxyl groups excluding tert-OH is 1. The van der Waals surface area contributed by atoms with Gasteiger partial charge in [-0.05, 0) is 53.6 Å². The molecule has 3 N–H and O–H groups in total. The number of aliphatic hydroxyl groups is 1. The number of hydrazone groups is 1. The normalized spacial score (nSPS) is 14.7. The van der Waals surface area contributed by atoms with Gasteiger partial charge in [0.1, 0.15) is 0 Å². The fraction of sp³-hybridized carbons (Fsp3) is 0.276. The highest BCUT2D eigenvalue weighted by atomic mass is 79.9. The lowest BCUT2D eigenvalue weighted by molar-refractivity contribution is -0.137. The smallest absolute Gasteiger partial charge is 0.395 e. The molecule has 0 radical (unpaired) electrons. The van der Waals surface area contributed by atoms with E-state index in [-0.39, 0.29) is 23.4 Å². The highest BCUT2D eigenvalue weighted by Gasteiger charge is 2.33. The molecule has 0 aliphatic carbocycles. The average Bonchev–Trinajstić information content (AvgIpc) is 2.95. The molecule has 4 rings (SSSR count). The summed E-state index contributed by atoms with van der Waals surface area (Å²) in [6.45, 7) is 5.18. The van der Waals surface area contributed by atoms with Crippen LogP contribution < -0.4 is 10.7 Å². The Kier molecular flexibility index (Phi) is 10.7. The molecule has 3 aromatic carbocycles. The van der Waals surface area contributed by atoms with E-state index < -0.39 is 28.6 Å². The second kappa shape index (κ2) is 14.3. The Hall–Kier alpha value is -3.29. The van der Waals surface area contributed by atoms with Gasteiger partial charge in [0.2, 0.25) is 0 Å². The molecule has 1 aliphatic heterocycles. The van der Waals surface area contributed by atoms with Crippen molar-refractivity contribution < 1.29 is 27.9 Å². The van der Waals surface area contributed by atoms with Gasteiger partial charge >= 0.3 is 6.18 Å². The van der Waals surface area contributed by atoms with Crippen LogP contribution in [-0.4, -0.2) is 72.3 Å². The number of piperazine rings is 1. The second-order valence-electron chi connectivity index (χ2n) is 9.62. The van der Waals surface area contributed by atoms with E-state index in [0.29, 0.717) is 16.6 Å². The van der Waals surface area contributed by atoms with Crippen molar-refractivity contribution in [3.8, 4) is 0 Å². The largest absolute Gasteiger partial charge is 0.417 e. The molecule has 3 aromatic rings. The average molecular weight is 667 g/mol. The molecular formula is C29H28BrClF3N5O3. The third-order valence-electron chi connectivity index (χ3n) is 6.65. The van der Waals surface area contributed by atoms with Gasteiger partial charge in [-0.3, -0.25) is 19.4 Å². The number of benzene rings is 3. The molecule has 1 saturated heterocycles. The maximum atomic E-state index is 13.1. The molecular weight excluding hydrogens is 639 g/mol. The SMILES string of the molecule is O=C(Nc1ccc(Br)cc1C(=O)N/N=C\c1ccc(Cl)c(C(F)(F)F)c1)c1ccc(CN2CCN(CCO)CC2)cc1. The predicted octanol–water partition coefficient (Wildman–Crippen LogP) is 5.25. The highest BCUT2D eigenvalue weighted by molar-refractivity contribution is 9.10. The molecule has 8 nitrogen and oxygen atoms in total. The van der Waals surface area contributed by atoms with E-state index in [1.807, 2.05) is 12.1 Å². The van der Waals surface area contributed by atoms with Crippen LogP contribution in [0.3, 0.4) is 0 Å². The molecule has 1 aliphatic rings. The van der Waals surface area contributed by atoms with Crippen LogP contribution in [0.4, 0.5) is 18.9 Å². The molecule has 1 heterocycles. The van der Waals surface area contributed by atoms with Crippen LogP contribution in [-0.2, 0) is 12.7 Å².